The van der Waals surface area contributed by atoms with Gasteiger partial charge in [0.15, 0.2) is 0 Å². The second-order valence-electron chi connectivity index (χ2n) is 7.12. The van der Waals surface area contributed by atoms with E-state index in [9.17, 15) is 33.6 Å². The predicted molar refractivity (Wildman–Crippen MR) is 117 cm³/mol. The molecule has 0 saturated carbocycles. The van der Waals surface area contributed by atoms with Crippen molar-refractivity contribution in [2.75, 3.05) is 13.2 Å². The first-order valence-electron chi connectivity index (χ1n) is 10.0. The lowest BCUT2D eigenvalue weighted by atomic mass is 10.0. The second-order valence-corrected chi connectivity index (χ2v) is 9.29. The summed E-state index contributed by atoms with van der Waals surface area (Å²) in [5.41, 5.74) is -0.763. The number of unbranched alkanes of at least 4 members (excludes halogenated alkanes) is 2. The molecule has 0 bridgehead atoms. The Balaban J connectivity index is 1.86. The lowest BCUT2D eigenvalue weighted by molar-refractivity contribution is -0.205. The Morgan fingerprint density at radius 2 is 1.76 bits per heavy atom. The molecule has 12 nitrogen and oxygen atoms in total. The Bertz CT molecular complexity index is 879. The van der Waals surface area contributed by atoms with E-state index < -0.39 is 52.8 Å². The average molecular weight is 510 g/mol. The first kappa shape index (κ1) is 27.5. The van der Waals surface area contributed by atoms with Gasteiger partial charge in [-0.3, -0.25) is 4.55 Å². The van der Waals surface area contributed by atoms with Gasteiger partial charge in [0.1, 0.15) is 34.9 Å². The number of aliphatic hydroxyl groups excluding tert-OH is 4. The van der Waals surface area contributed by atoms with E-state index in [-0.39, 0.29) is 18.1 Å². The molecule has 0 aliphatic carbocycles. The lowest BCUT2D eigenvalue weighted by Crippen LogP contribution is -2.57. The molecule has 1 fully saturated rings. The zero-order valence-electron chi connectivity index (χ0n) is 17.5. The highest BCUT2D eigenvalue weighted by Crippen LogP contribution is 2.30. The minimum Gasteiger partial charge on any atom is -0.462 e. The molecule has 5 atom stereocenters. The van der Waals surface area contributed by atoms with Crippen LogP contribution in [0.2, 0.25) is 0 Å². The molecular formula is C19H27NO11S2. The summed E-state index contributed by atoms with van der Waals surface area (Å²) >= 11 is 0.715. The summed E-state index contributed by atoms with van der Waals surface area (Å²) in [6.45, 7) is -0.459. The van der Waals surface area contributed by atoms with Gasteiger partial charge in [0.05, 0.1) is 18.8 Å². The van der Waals surface area contributed by atoms with Gasteiger partial charge in [-0.15, -0.1) is 0 Å². The minimum atomic E-state index is -4.87. The van der Waals surface area contributed by atoms with Crippen LogP contribution in [-0.2, 0) is 24.2 Å². The SMILES string of the molecule is O=C(OCCCCCC(=NOS(=O)(=O)O)SC1OC(CO)C(O)C(O)C1O)c1ccccc1. The van der Waals surface area contributed by atoms with E-state index in [1.807, 2.05) is 0 Å². The van der Waals surface area contributed by atoms with Crippen molar-refractivity contribution in [2.24, 2.45) is 5.16 Å². The van der Waals surface area contributed by atoms with Crippen LogP contribution in [0.25, 0.3) is 0 Å². The number of oxime groups is 1. The van der Waals surface area contributed by atoms with Gasteiger partial charge in [-0.2, -0.15) is 8.42 Å². The zero-order valence-corrected chi connectivity index (χ0v) is 19.1. The van der Waals surface area contributed by atoms with E-state index >= 15 is 0 Å². The van der Waals surface area contributed by atoms with E-state index in [0.717, 1.165) is 0 Å². The van der Waals surface area contributed by atoms with Crippen molar-refractivity contribution in [2.45, 2.75) is 55.5 Å². The van der Waals surface area contributed by atoms with Gasteiger partial charge in [-0.1, -0.05) is 35.1 Å². The fraction of sp³-hybridized carbons (Fsp3) is 0.579. The third-order valence-electron chi connectivity index (χ3n) is 4.61. The quantitative estimate of drug-likeness (QED) is 0.0674. The first-order chi connectivity index (χ1) is 15.6. The smallest absolute Gasteiger partial charge is 0.462 e. The summed E-state index contributed by atoms with van der Waals surface area (Å²) in [6.07, 6.45) is -4.22. The number of benzene rings is 1. The third-order valence-corrected chi connectivity index (χ3v) is 6.05. The van der Waals surface area contributed by atoms with Gasteiger partial charge in [0, 0.05) is 0 Å². The zero-order chi connectivity index (χ0) is 24.4. The molecule has 0 spiro atoms. The van der Waals surface area contributed by atoms with Crippen LogP contribution < -0.4 is 0 Å². The molecule has 33 heavy (non-hydrogen) atoms. The van der Waals surface area contributed by atoms with Crippen LogP contribution in [0.5, 0.6) is 0 Å². The Kier molecular flexibility index (Phi) is 11.0. The van der Waals surface area contributed by atoms with Gasteiger partial charge >= 0.3 is 16.4 Å². The Hall–Kier alpha value is -1.78. The molecular weight excluding hydrogens is 482 g/mol. The average Bonchev–Trinajstić information content (AvgIpc) is 2.79. The first-order valence-corrected chi connectivity index (χ1v) is 12.3. The predicted octanol–water partition coefficient (Wildman–Crippen LogP) is 0.0698. The number of aliphatic hydroxyl groups is 4. The Labute approximate surface area is 195 Å². The molecule has 0 radical (unpaired) electrons. The summed E-state index contributed by atoms with van der Waals surface area (Å²) in [7, 11) is -4.87. The topological polar surface area (TPSA) is 192 Å². The molecule has 1 aliphatic heterocycles. The van der Waals surface area contributed by atoms with E-state index in [4.69, 9.17) is 14.0 Å². The molecule has 0 aromatic heterocycles. The number of thioether (sulfide) groups is 1. The van der Waals surface area contributed by atoms with E-state index in [1.54, 1.807) is 30.3 Å². The van der Waals surface area contributed by atoms with Crippen LogP contribution in [0.4, 0.5) is 0 Å². The normalized spacial score (nSPS) is 26.1. The molecule has 1 aliphatic rings. The molecule has 1 aromatic carbocycles. The van der Waals surface area contributed by atoms with Crippen LogP contribution in [0, 0.1) is 0 Å². The lowest BCUT2D eigenvalue weighted by Gasteiger charge is -2.39. The van der Waals surface area contributed by atoms with E-state index in [0.29, 0.717) is 36.6 Å². The summed E-state index contributed by atoms with van der Waals surface area (Å²) in [4.78, 5) is 11.9. The van der Waals surface area contributed by atoms with Crippen LogP contribution in [-0.4, -0.2) is 87.5 Å². The van der Waals surface area contributed by atoms with Gasteiger partial charge in [0.25, 0.3) is 0 Å². The van der Waals surface area contributed by atoms with Crippen LogP contribution in [0.1, 0.15) is 36.0 Å². The number of rotatable bonds is 11. The van der Waals surface area contributed by atoms with Crippen molar-refractivity contribution < 1.29 is 51.9 Å². The number of nitrogens with zero attached hydrogens (tertiary/aromatic N) is 1. The largest absolute Gasteiger partial charge is 0.466 e. The van der Waals surface area contributed by atoms with E-state index in [2.05, 4.69) is 9.44 Å². The number of ether oxygens (including phenoxy) is 2. The fourth-order valence-corrected chi connectivity index (χ4v) is 4.23. The molecule has 5 unspecified atom stereocenters. The maximum Gasteiger partial charge on any atom is 0.466 e. The number of carbonyl (C=O) groups excluding carboxylic acids is 1. The molecule has 1 heterocycles. The highest BCUT2D eigenvalue weighted by atomic mass is 32.3. The second kappa shape index (κ2) is 13.2. The summed E-state index contributed by atoms with van der Waals surface area (Å²) in [6, 6.07) is 8.50. The summed E-state index contributed by atoms with van der Waals surface area (Å²) < 4.78 is 45.1. The van der Waals surface area contributed by atoms with Crippen LogP contribution in [0.3, 0.4) is 0 Å². The van der Waals surface area contributed by atoms with Gasteiger partial charge in [-0.25, -0.2) is 9.08 Å². The monoisotopic (exact) mass is 509 g/mol. The molecule has 2 rings (SSSR count). The maximum absolute atomic E-state index is 11.9. The van der Waals surface area contributed by atoms with Gasteiger partial charge < -0.3 is 29.9 Å². The Morgan fingerprint density at radius 1 is 1.06 bits per heavy atom. The molecule has 14 heteroatoms. The van der Waals surface area contributed by atoms with E-state index in [1.165, 1.54) is 0 Å². The summed E-state index contributed by atoms with van der Waals surface area (Å²) in [5.74, 6) is -0.447. The molecule has 1 aromatic rings. The van der Waals surface area contributed by atoms with Crippen molar-refractivity contribution in [3.63, 3.8) is 0 Å². The minimum absolute atomic E-state index is 0.0123. The number of esters is 1. The summed E-state index contributed by atoms with van der Waals surface area (Å²) in [5, 5.41) is 42.5. The highest BCUT2D eigenvalue weighted by molar-refractivity contribution is 8.14. The van der Waals surface area contributed by atoms with Crippen molar-refractivity contribution in [1.82, 2.24) is 0 Å². The Morgan fingerprint density at radius 3 is 2.39 bits per heavy atom. The maximum atomic E-state index is 11.9. The van der Waals surface area contributed by atoms with Crippen LogP contribution in [0.15, 0.2) is 35.5 Å². The van der Waals surface area contributed by atoms with Crippen molar-refractivity contribution in [1.29, 1.82) is 0 Å². The number of hydrogen-bond acceptors (Lipinski definition) is 12. The molecule has 186 valence electrons. The number of carbonyl (C=O) groups is 1. The van der Waals surface area contributed by atoms with Crippen molar-refractivity contribution in [3.8, 4) is 0 Å². The number of hydrogen-bond donors (Lipinski definition) is 5. The third kappa shape index (κ3) is 9.17. The van der Waals surface area contributed by atoms with Gasteiger partial charge in [-0.05, 0) is 37.8 Å². The molecule has 5 N–H and O–H groups in total. The molecule has 0 amide bonds. The highest BCUT2D eigenvalue weighted by Gasteiger charge is 2.44. The molecule has 1 saturated heterocycles. The fourth-order valence-electron chi connectivity index (χ4n) is 2.89. The van der Waals surface area contributed by atoms with Gasteiger partial charge in [0.2, 0.25) is 0 Å². The van der Waals surface area contributed by atoms with Crippen LogP contribution >= 0.6 is 11.8 Å². The van der Waals surface area contributed by atoms with Crippen molar-refractivity contribution >= 4 is 33.2 Å². The van der Waals surface area contributed by atoms with Crippen molar-refractivity contribution in [3.05, 3.63) is 35.9 Å². The standard InChI is InChI=1S/C19H27NO11S2/c21-11-13-15(22)16(23)17(24)19(30-13)32-14(20-31-33(26,27)28)9-5-2-6-10-29-18(25)12-7-3-1-4-8-12/h1,3-4,7-8,13,15-17,19,21-24H,2,5-6,9-11H2,(H,26,27,28).